The Kier molecular flexibility index (Phi) is 6.31. The number of hydrogen-bond acceptors (Lipinski definition) is 3. The zero-order valence-corrected chi connectivity index (χ0v) is 16.0. The van der Waals surface area contributed by atoms with E-state index < -0.39 is 25.4 Å². The molecule has 0 aromatic heterocycles. The van der Waals surface area contributed by atoms with E-state index in [0.29, 0.717) is 0 Å². The highest BCUT2D eigenvalue weighted by atomic mass is 28.5. The predicted molar refractivity (Wildman–Crippen MR) is 81.3 cm³/mol. The second kappa shape index (κ2) is 6.12. The summed E-state index contributed by atoms with van der Waals surface area (Å²) in [6, 6.07) is 1.12. The van der Waals surface area contributed by atoms with Crippen LogP contribution in [-0.2, 0) is 12.7 Å². The molecular formula is C11H30O3Si3. The molecule has 0 N–H and O–H groups in total. The second-order valence-electron chi connectivity index (χ2n) is 6.28. The van der Waals surface area contributed by atoms with Gasteiger partial charge in [-0.3, -0.25) is 0 Å². The third kappa shape index (κ3) is 8.28. The minimum absolute atomic E-state index is 0.220. The van der Waals surface area contributed by atoms with Gasteiger partial charge in [0.2, 0.25) is 0 Å². The first-order valence-electron chi connectivity index (χ1n) is 6.47. The molecule has 0 atom stereocenters. The molecule has 0 rings (SSSR count). The molecule has 0 aliphatic rings. The maximum atomic E-state index is 6.30. The van der Waals surface area contributed by atoms with Gasteiger partial charge in [0, 0.05) is 6.10 Å². The lowest BCUT2D eigenvalue weighted by molar-refractivity contribution is 0.178. The van der Waals surface area contributed by atoms with Crippen molar-refractivity contribution in [1.29, 1.82) is 0 Å². The van der Waals surface area contributed by atoms with Gasteiger partial charge in [-0.05, 0) is 59.2 Å². The van der Waals surface area contributed by atoms with Crippen LogP contribution < -0.4 is 0 Å². The molecule has 0 aliphatic carbocycles. The van der Waals surface area contributed by atoms with Gasteiger partial charge in [-0.15, -0.1) is 0 Å². The van der Waals surface area contributed by atoms with Crippen LogP contribution in [0.2, 0.25) is 45.3 Å². The van der Waals surface area contributed by atoms with Crippen LogP contribution in [0.15, 0.2) is 0 Å². The van der Waals surface area contributed by atoms with Crippen LogP contribution in [0.5, 0.6) is 0 Å². The highest BCUT2D eigenvalue weighted by molar-refractivity contribution is 6.86. The van der Waals surface area contributed by atoms with Crippen LogP contribution in [0.25, 0.3) is 0 Å². The number of rotatable bonds is 7. The molecule has 0 saturated heterocycles. The van der Waals surface area contributed by atoms with Crippen molar-refractivity contribution in [2.75, 3.05) is 0 Å². The van der Waals surface area contributed by atoms with Crippen LogP contribution in [-0.4, -0.2) is 31.5 Å². The predicted octanol–water partition coefficient (Wildman–Crippen LogP) is 4.07. The molecule has 3 nitrogen and oxygen atoms in total. The SMILES string of the molecule is CC[Si](C)(C)O[Si](C)(C)O[Si](C)(C)OC(C)C. The van der Waals surface area contributed by atoms with Crippen molar-refractivity contribution in [2.24, 2.45) is 0 Å². The summed E-state index contributed by atoms with van der Waals surface area (Å²) in [5, 5.41) is 0. The lowest BCUT2D eigenvalue weighted by Crippen LogP contribution is -2.53. The van der Waals surface area contributed by atoms with Crippen molar-refractivity contribution in [1.82, 2.24) is 0 Å². The molecule has 0 saturated carbocycles. The molecule has 104 valence electrons. The Morgan fingerprint density at radius 2 is 1.29 bits per heavy atom. The Bertz CT molecular complexity index is 240. The minimum atomic E-state index is -2.06. The largest absolute Gasteiger partial charge is 0.436 e. The van der Waals surface area contributed by atoms with Crippen molar-refractivity contribution in [2.45, 2.75) is 72.2 Å². The molecule has 0 bridgehead atoms. The Hall–Kier alpha value is 0.531. The zero-order valence-electron chi connectivity index (χ0n) is 13.0. The van der Waals surface area contributed by atoms with Crippen molar-refractivity contribution in [3.8, 4) is 0 Å². The van der Waals surface area contributed by atoms with Gasteiger partial charge in [0.25, 0.3) is 0 Å². The minimum Gasteiger partial charge on any atom is -0.436 e. The highest BCUT2D eigenvalue weighted by Gasteiger charge is 2.40. The molecule has 0 aromatic rings. The molecule has 0 amide bonds. The first-order chi connectivity index (χ1) is 7.39. The van der Waals surface area contributed by atoms with Crippen molar-refractivity contribution < 1.29 is 12.7 Å². The summed E-state index contributed by atoms with van der Waals surface area (Å²) < 4.78 is 18.5. The van der Waals surface area contributed by atoms with Gasteiger partial charge in [-0.1, -0.05) is 6.92 Å². The molecule has 0 radical (unpaired) electrons. The molecule has 0 heterocycles. The highest BCUT2D eigenvalue weighted by Crippen LogP contribution is 2.23. The molecule has 0 unspecified atom stereocenters. The Morgan fingerprint density at radius 1 is 0.824 bits per heavy atom. The van der Waals surface area contributed by atoms with Gasteiger partial charge in [-0.25, -0.2) is 0 Å². The molecule has 6 heteroatoms. The lowest BCUT2D eigenvalue weighted by Gasteiger charge is -2.38. The van der Waals surface area contributed by atoms with Gasteiger partial charge in [0.15, 0.2) is 8.32 Å². The van der Waals surface area contributed by atoms with Crippen LogP contribution in [0.3, 0.4) is 0 Å². The standard InChI is InChI=1S/C11H30O3Si3/c1-10-15(4,5)13-17(8,9)14-16(6,7)12-11(2)3/h11H,10H2,1-9H3. The van der Waals surface area contributed by atoms with Crippen molar-refractivity contribution in [3.05, 3.63) is 0 Å². The topological polar surface area (TPSA) is 27.7 Å². The first kappa shape index (κ1) is 17.5. The summed E-state index contributed by atoms with van der Waals surface area (Å²) in [7, 11) is -5.67. The fraction of sp³-hybridized carbons (Fsp3) is 1.00. The van der Waals surface area contributed by atoms with E-state index in [1.807, 2.05) is 0 Å². The van der Waals surface area contributed by atoms with Gasteiger partial charge in [0.05, 0.1) is 0 Å². The van der Waals surface area contributed by atoms with E-state index in [1.54, 1.807) is 0 Å². The quantitative estimate of drug-likeness (QED) is 0.662. The maximum absolute atomic E-state index is 6.30. The second-order valence-corrected chi connectivity index (χ2v) is 18.0. The summed E-state index contributed by atoms with van der Waals surface area (Å²) in [5.74, 6) is 0. The van der Waals surface area contributed by atoms with Crippen LogP contribution in [0.1, 0.15) is 20.8 Å². The Morgan fingerprint density at radius 3 is 1.65 bits per heavy atom. The number of hydrogen-bond donors (Lipinski definition) is 0. The third-order valence-corrected chi connectivity index (χ3v) is 13.2. The summed E-state index contributed by atoms with van der Waals surface area (Å²) >= 11 is 0. The van der Waals surface area contributed by atoms with E-state index in [1.165, 1.54) is 0 Å². The van der Waals surface area contributed by atoms with Gasteiger partial charge < -0.3 is 12.7 Å². The molecule has 0 fully saturated rings. The van der Waals surface area contributed by atoms with Gasteiger partial charge >= 0.3 is 17.1 Å². The van der Waals surface area contributed by atoms with E-state index in [4.69, 9.17) is 12.7 Å². The summed E-state index contributed by atoms with van der Waals surface area (Å²) in [4.78, 5) is 0. The smallest absolute Gasteiger partial charge is 0.323 e. The summed E-state index contributed by atoms with van der Waals surface area (Å²) in [6.07, 6.45) is 0.220. The van der Waals surface area contributed by atoms with Crippen molar-refractivity contribution >= 4 is 25.4 Å². The molecule has 0 aliphatic heterocycles. The normalized spacial score (nSPS) is 14.5. The molecule has 17 heavy (non-hydrogen) atoms. The van der Waals surface area contributed by atoms with E-state index in [9.17, 15) is 0 Å². The molecule has 0 aromatic carbocycles. The van der Waals surface area contributed by atoms with Gasteiger partial charge in [-0.2, -0.15) is 0 Å². The van der Waals surface area contributed by atoms with Crippen LogP contribution >= 0.6 is 0 Å². The maximum Gasteiger partial charge on any atom is 0.323 e. The summed E-state index contributed by atoms with van der Waals surface area (Å²) in [6.45, 7) is 19.3. The monoisotopic (exact) mass is 294 g/mol. The molecular weight excluding hydrogens is 264 g/mol. The Balaban J connectivity index is 4.53. The van der Waals surface area contributed by atoms with E-state index in [2.05, 4.69) is 60.1 Å². The average molecular weight is 295 g/mol. The van der Waals surface area contributed by atoms with Gasteiger partial charge in [0.1, 0.15) is 0 Å². The Labute approximate surface area is 110 Å². The first-order valence-corrected chi connectivity index (χ1v) is 15.2. The third-order valence-electron chi connectivity index (χ3n) is 2.38. The van der Waals surface area contributed by atoms with E-state index >= 15 is 0 Å². The summed E-state index contributed by atoms with van der Waals surface area (Å²) in [5.41, 5.74) is 0. The molecule has 0 spiro atoms. The fourth-order valence-corrected chi connectivity index (χ4v) is 14.4. The average Bonchev–Trinajstić information content (AvgIpc) is 1.96. The van der Waals surface area contributed by atoms with E-state index in [0.717, 1.165) is 6.04 Å². The van der Waals surface area contributed by atoms with Crippen molar-refractivity contribution in [3.63, 3.8) is 0 Å². The lowest BCUT2D eigenvalue weighted by atomic mass is 10.5. The zero-order chi connectivity index (χ0) is 13.9. The van der Waals surface area contributed by atoms with Crippen LogP contribution in [0, 0.1) is 0 Å². The van der Waals surface area contributed by atoms with Crippen LogP contribution in [0.4, 0.5) is 0 Å². The van der Waals surface area contributed by atoms with E-state index in [-0.39, 0.29) is 6.10 Å². The fourth-order valence-electron chi connectivity index (χ4n) is 1.94.